The molecule has 2 amide bonds. The van der Waals surface area contributed by atoms with Crippen molar-refractivity contribution in [3.63, 3.8) is 0 Å². The van der Waals surface area contributed by atoms with Crippen molar-refractivity contribution in [2.24, 2.45) is 0 Å². The number of carbonyl (C=O) groups is 2. The molecule has 5 heteroatoms. The molecule has 1 N–H and O–H groups in total. The lowest BCUT2D eigenvalue weighted by Crippen LogP contribution is -2.32. The fourth-order valence-electron chi connectivity index (χ4n) is 2.03. The largest absolute Gasteiger partial charge is 0.491 e. The van der Waals surface area contributed by atoms with Crippen molar-refractivity contribution < 1.29 is 14.3 Å². The monoisotopic (exact) mass is 262 g/mol. The number of nitrogens with one attached hydrogen (secondary N) is 1. The number of ketones is 1. The van der Waals surface area contributed by atoms with Crippen LogP contribution in [0.25, 0.3) is 0 Å². The molecule has 1 aliphatic heterocycles. The summed E-state index contributed by atoms with van der Waals surface area (Å²) in [7, 11) is 0. The molecule has 0 saturated carbocycles. The molecule has 0 bridgehead atoms. The Bertz CT molecular complexity index is 499. The van der Waals surface area contributed by atoms with Gasteiger partial charge in [-0.2, -0.15) is 0 Å². The van der Waals surface area contributed by atoms with Gasteiger partial charge < -0.3 is 15.0 Å². The summed E-state index contributed by atoms with van der Waals surface area (Å²) in [5, 5.41) is 2.73. The lowest BCUT2D eigenvalue weighted by Gasteiger charge is -2.16. The molecule has 1 heterocycles. The quantitative estimate of drug-likeness (QED) is 0.820. The van der Waals surface area contributed by atoms with Crippen molar-refractivity contribution in [1.29, 1.82) is 0 Å². The molecule has 0 atom stereocenters. The van der Waals surface area contributed by atoms with Crippen LogP contribution < -0.4 is 10.1 Å². The van der Waals surface area contributed by atoms with E-state index >= 15 is 0 Å². The van der Waals surface area contributed by atoms with Crippen molar-refractivity contribution in [2.75, 3.05) is 26.2 Å². The molecule has 1 aromatic carbocycles. The standard InChI is InChI=1S/C14H18N2O3/c1-10-3-4-12(11(2)17)13(9-10)19-8-7-16-6-5-15-14(16)18/h3-4,9H,5-8H2,1-2H3,(H,15,18). The van der Waals surface area contributed by atoms with E-state index in [1.165, 1.54) is 6.92 Å². The summed E-state index contributed by atoms with van der Waals surface area (Å²) in [4.78, 5) is 24.5. The van der Waals surface area contributed by atoms with Gasteiger partial charge >= 0.3 is 6.03 Å². The Balaban J connectivity index is 1.97. The third-order valence-corrected chi connectivity index (χ3v) is 3.08. The molecule has 0 aromatic heterocycles. The zero-order valence-electron chi connectivity index (χ0n) is 11.2. The minimum atomic E-state index is -0.0559. The smallest absolute Gasteiger partial charge is 0.317 e. The van der Waals surface area contributed by atoms with Crippen LogP contribution in [0.15, 0.2) is 18.2 Å². The maximum absolute atomic E-state index is 11.5. The number of aryl methyl sites for hydroxylation is 1. The predicted molar refractivity (Wildman–Crippen MR) is 71.7 cm³/mol. The second kappa shape index (κ2) is 5.73. The third-order valence-electron chi connectivity index (χ3n) is 3.08. The molecule has 0 aliphatic carbocycles. The number of Topliss-reactive ketones (excluding diaryl/α,β-unsaturated/α-hetero) is 1. The van der Waals surface area contributed by atoms with E-state index in [0.717, 1.165) is 5.56 Å². The SMILES string of the molecule is CC(=O)c1ccc(C)cc1OCCN1CCNC1=O. The lowest BCUT2D eigenvalue weighted by molar-refractivity contribution is 0.101. The second-order valence-electron chi connectivity index (χ2n) is 4.62. The van der Waals surface area contributed by atoms with Crippen LogP contribution in [0.1, 0.15) is 22.8 Å². The topological polar surface area (TPSA) is 58.6 Å². The predicted octanol–water partition coefficient (Wildman–Crippen LogP) is 1.60. The number of carbonyl (C=O) groups excluding carboxylic acids is 2. The molecule has 1 aromatic rings. The number of amides is 2. The van der Waals surface area contributed by atoms with E-state index in [2.05, 4.69) is 5.32 Å². The summed E-state index contributed by atoms with van der Waals surface area (Å²) in [6.45, 7) is 5.77. The summed E-state index contributed by atoms with van der Waals surface area (Å²) in [5.74, 6) is 0.570. The van der Waals surface area contributed by atoms with E-state index < -0.39 is 0 Å². The van der Waals surface area contributed by atoms with Gasteiger partial charge in [0.2, 0.25) is 0 Å². The van der Waals surface area contributed by atoms with Crippen LogP contribution in [-0.4, -0.2) is 43.0 Å². The Morgan fingerprint density at radius 2 is 2.26 bits per heavy atom. The van der Waals surface area contributed by atoms with E-state index in [4.69, 9.17) is 4.74 Å². The molecule has 19 heavy (non-hydrogen) atoms. The minimum absolute atomic E-state index is 0.0195. The Morgan fingerprint density at radius 3 is 2.89 bits per heavy atom. The van der Waals surface area contributed by atoms with Crippen molar-refractivity contribution >= 4 is 11.8 Å². The first kappa shape index (κ1) is 13.4. The fourth-order valence-corrected chi connectivity index (χ4v) is 2.03. The van der Waals surface area contributed by atoms with Crippen LogP contribution in [0.3, 0.4) is 0 Å². The summed E-state index contributed by atoms with van der Waals surface area (Å²) in [6, 6.07) is 5.45. The van der Waals surface area contributed by atoms with E-state index in [1.54, 1.807) is 11.0 Å². The maximum Gasteiger partial charge on any atom is 0.317 e. The number of hydrogen-bond donors (Lipinski definition) is 1. The summed E-state index contributed by atoms with van der Waals surface area (Å²) >= 11 is 0. The normalized spacial score (nSPS) is 14.4. The van der Waals surface area contributed by atoms with Gasteiger partial charge in [0.15, 0.2) is 5.78 Å². The summed E-state index contributed by atoms with van der Waals surface area (Å²) in [6.07, 6.45) is 0. The van der Waals surface area contributed by atoms with Crippen LogP contribution in [0.4, 0.5) is 4.79 Å². The molecule has 1 aliphatic rings. The van der Waals surface area contributed by atoms with Crippen LogP contribution in [0.2, 0.25) is 0 Å². The molecule has 102 valence electrons. The fraction of sp³-hybridized carbons (Fsp3) is 0.429. The van der Waals surface area contributed by atoms with Crippen molar-refractivity contribution in [2.45, 2.75) is 13.8 Å². The van der Waals surface area contributed by atoms with Gasteiger partial charge in [0.05, 0.1) is 12.1 Å². The van der Waals surface area contributed by atoms with Gasteiger partial charge in [-0.05, 0) is 31.5 Å². The number of rotatable bonds is 5. The number of benzene rings is 1. The zero-order chi connectivity index (χ0) is 13.8. The Kier molecular flexibility index (Phi) is 4.04. The van der Waals surface area contributed by atoms with Gasteiger partial charge in [0.25, 0.3) is 0 Å². The van der Waals surface area contributed by atoms with Crippen LogP contribution in [-0.2, 0) is 0 Å². The first-order valence-electron chi connectivity index (χ1n) is 6.35. The molecule has 2 rings (SSSR count). The minimum Gasteiger partial charge on any atom is -0.491 e. The molecule has 1 fully saturated rings. The average molecular weight is 262 g/mol. The van der Waals surface area contributed by atoms with Crippen LogP contribution in [0.5, 0.6) is 5.75 Å². The van der Waals surface area contributed by atoms with E-state index in [0.29, 0.717) is 37.6 Å². The lowest BCUT2D eigenvalue weighted by atomic mass is 10.1. The maximum atomic E-state index is 11.5. The molecule has 0 unspecified atom stereocenters. The van der Waals surface area contributed by atoms with Gasteiger partial charge in [-0.15, -0.1) is 0 Å². The number of ether oxygens (including phenoxy) is 1. The highest BCUT2D eigenvalue weighted by Crippen LogP contribution is 2.20. The van der Waals surface area contributed by atoms with Gasteiger partial charge in [-0.3, -0.25) is 4.79 Å². The molecule has 5 nitrogen and oxygen atoms in total. The molecular weight excluding hydrogens is 244 g/mol. The molecule has 0 spiro atoms. The van der Waals surface area contributed by atoms with Crippen molar-refractivity contribution in [3.8, 4) is 5.75 Å². The second-order valence-corrected chi connectivity index (χ2v) is 4.62. The highest BCUT2D eigenvalue weighted by molar-refractivity contribution is 5.96. The molecule has 0 radical (unpaired) electrons. The Labute approximate surface area is 112 Å². The van der Waals surface area contributed by atoms with E-state index in [1.807, 2.05) is 19.1 Å². The van der Waals surface area contributed by atoms with Gasteiger partial charge in [-0.1, -0.05) is 6.07 Å². The summed E-state index contributed by atoms with van der Waals surface area (Å²) in [5.41, 5.74) is 1.62. The first-order chi connectivity index (χ1) is 9.08. The highest BCUT2D eigenvalue weighted by Gasteiger charge is 2.19. The zero-order valence-corrected chi connectivity index (χ0v) is 11.2. The van der Waals surface area contributed by atoms with Gasteiger partial charge in [0, 0.05) is 13.1 Å². The van der Waals surface area contributed by atoms with E-state index in [-0.39, 0.29) is 11.8 Å². The van der Waals surface area contributed by atoms with Crippen molar-refractivity contribution in [1.82, 2.24) is 10.2 Å². The third kappa shape index (κ3) is 3.24. The molecule has 1 saturated heterocycles. The van der Waals surface area contributed by atoms with Gasteiger partial charge in [0.1, 0.15) is 12.4 Å². The Morgan fingerprint density at radius 1 is 1.47 bits per heavy atom. The van der Waals surface area contributed by atoms with Crippen molar-refractivity contribution in [3.05, 3.63) is 29.3 Å². The molecular formula is C14H18N2O3. The van der Waals surface area contributed by atoms with Gasteiger partial charge in [-0.25, -0.2) is 4.79 Å². The summed E-state index contributed by atoms with van der Waals surface area (Å²) < 4.78 is 5.65. The number of urea groups is 1. The Hall–Kier alpha value is -2.04. The van der Waals surface area contributed by atoms with Crippen LogP contribution >= 0.6 is 0 Å². The first-order valence-corrected chi connectivity index (χ1v) is 6.35. The average Bonchev–Trinajstić information content (AvgIpc) is 2.75. The number of nitrogens with zero attached hydrogens (tertiary/aromatic N) is 1. The number of hydrogen-bond acceptors (Lipinski definition) is 3. The van der Waals surface area contributed by atoms with E-state index in [9.17, 15) is 9.59 Å². The van der Waals surface area contributed by atoms with Crippen LogP contribution in [0, 0.1) is 6.92 Å². The highest BCUT2D eigenvalue weighted by atomic mass is 16.5.